The smallest absolute Gasteiger partial charge is 0.266 e. The summed E-state index contributed by atoms with van der Waals surface area (Å²) in [5.41, 5.74) is 0.868. The Morgan fingerprint density at radius 1 is 1.32 bits per heavy atom. The molecular formula is C20H18BrClN2O3S. The summed E-state index contributed by atoms with van der Waals surface area (Å²) in [4.78, 5) is 19.3. The van der Waals surface area contributed by atoms with Crippen molar-refractivity contribution in [3.05, 3.63) is 52.0 Å². The summed E-state index contributed by atoms with van der Waals surface area (Å²) in [6.45, 7) is 1.14. The van der Waals surface area contributed by atoms with Crippen LogP contribution in [-0.2, 0) is 9.53 Å². The molecule has 8 heteroatoms. The third kappa shape index (κ3) is 4.66. The second-order valence-electron chi connectivity index (χ2n) is 6.49. The number of ether oxygens (including phenoxy) is 2. The molecule has 0 radical (unpaired) electrons. The molecule has 146 valence electrons. The van der Waals surface area contributed by atoms with Crippen LogP contribution in [0.3, 0.4) is 0 Å². The van der Waals surface area contributed by atoms with Gasteiger partial charge in [0.05, 0.1) is 22.9 Å². The first-order valence-corrected chi connectivity index (χ1v) is 10.9. The first kappa shape index (κ1) is 19.6. The van der Waals surface area contributed by atoms with Crippen LogP contribution in [0.4, 0.5) is 5.13 Å². The van der Waals surface area contributed by atoms with Gasteiger partial charge in [0.2, 0.25) is 0 Å². The minimum absolute atomic E-state index is 0.0261. The molecule has 3 aromatic rings. The number of hydrogen-bond donors (Lipinski definition) is 0. The average molecular weight is 482 g/mol. The second-order valence-corrected chi connectivity index (χ2v) is 8.85. The molecule has 0 N–H and O–H groups in total. The highest BCUT2D eigenvalue weighted by Crippen LogP contribution is 2.32. The number of thiazole rings is 1. The number of carbonyl (C=O) groups excluding carboxylic acids is 1. The van der Waals surface area contributed by atoms with E-state index >= 15 is 0 Å². The van der Waals surface area contributed by atoms with Crippen molar-refractivity contribution < 1.29 is 14.3 Å². The summed E-state index contributed by atoms with van der Waals surface area (Å²) in [6, 6.07) is 12.9. The average Bonchev–Trinajstić information content (AvgIpc) is 3.34. The maximum atomic E-state index is 13.0. The number of nitrogens with zero attached hydrogens (tertiary/aromatic N) is 2. The standard InChI is InChI=1S/C20H18BrClN2O3S/c21-13-3-8-17-18(10-13)28-20(23-17)24(11-16-2-1-9-26-16)19(25)12-27-15-6-4-14(22)5-7-15/h3-8,10,16H,1-2,9,11-12H2. The molecule has 0 saturated carbocycles. The van der Waals surface area contributed by atoms with Gasteiger partial charge in [-0.3, -0.25) is 9.69 Å². The Labute approximate surface area is 180 Å². The van der Waals surface area contributed by atoms with Crippen LogP contribution < -0.4 is 9.64 Å². The lowest BCUT2D eigenvalue weighted by Crippen LogP contribution is -2.40. The molecule has 4 rings (SSSR count). The Kier molecular flexibility index (Phi) is 6.16. The second kappa shape index (κ2) is 8.78. The molecule has 0 aliphatic carbocycles. The fraction of sp³-hybridized carbons (Fsp3) is 0.300. The van der Waals surface area contributed by atoms with E-state index in [0.29, 0.717) is 22.4 Å². The van der Waals surface area contributed by atoms with Crippen molar-refractivity contribution in [2.45, 2.75) is 18.9 Å². The van der Waals surface area contributed by atoms with Crippen molar-refractivity contribution in [2.24, 2.45) is 0 Å². The van der Waals surface area contributed by atoms with E-state index in [1.165, 1.54) is 11.3 Å². The summed E-state index contributed by atoms with van der Waals surface area (Å²) in [5, 5.41) is 1.28. The van der Waals surface area contributed by atoms with E-state index in [1.54, 1.807) is 29.2 Å². The number of hydrogen-bond acceptors (Lipinski definition) is 5. The van der Waals surface area contributed by atoms with Gasteiger partial charge in [0.15, 0.2) is 11.7 Å². The number of fused-ring (bicyclic) bond motifs is 1. The Hall–Kier alpha value is -1.67. The van der Waals surface area contributed by atoms with Crippen molar-refractivity contribution >= 4 is 60.1 Å². The summed E-state index contributed by atoms with van der Waals surface area (Å²) >= 11 is 10.9. The number of carbonyl (C=O) groups is 1. The van der Waals surface area contributed by atoms with Crippen LogP contribution in [0.15, 0.2) is 46.9 Å². The topological polar surface area (TPSA) is 51.7 Å². The van der Waals surface area contributed by atoms with Crippen LogP contribution in [0.1, 0.15) is 12.8 Å². The summed E-state index contributed by atoms with van der Waals surface area (Å²) in [6.07, 6.45) is 1.98. The van der Waals surface area contributed by atoms with Crippen molar-refractivity contribution in [1.29, 1.82) is 0 Å². The Bertz CT molecular complexity index is 973. The molecule has 5 nitrogen and oxygen atoms in total. The lowest BCUT2D eigenvalue weighted by molar-refractivity contribution is -0.120. The zero-order valence-electron chi connectivity index (χ0n) is 14.9. The Balaban J connectivity index is 1.54. The summed E-state index contributed by atoms with van der Waals surface area (Å²) in [7, 11) is 0. The lowest BCUT2D eigenvalue weighted by atomic mass is 10.2. The van der Waals surface area contributed by atoms with E-state index in [0.717, 1.165) is 34.1 Å². The van der Waals surface area contributed by atoms with Gasteiger partial charge in [-0.25, -0.2) is 4.98 Å². The van der Waals surface area contributed by atoms with Gasteiger partial charge in [0.1, 0.15) is 5.75 Å². The number of rotatable bonds is 6. The molecule has 2 aromatic carbocycles. The maximum Gasteiger partial charge on any atom is 0.266 e. The molecule has 2 heterocycles. The summed E-state index contributed by atoms with van der Waals surface area (Å²) < 4.78 is 13.4. The van der Waals surface area contributed by atoms with Crippen LogP contribution in [-0.4, -0.2) is 36.8 Å². The molecular weight excluding hydrogens is 464 g/mol. The van der Waals surface area contributed by atoms with E-state index in [1.807, 2.05) is 18.2 Å². The quantitative estimate of drug-likeness (QED) is 0.479. The lowest BCUT2D eigenvalue weighted by Gasteiger charge is -2.23. The molecule has 0 spiro atoms. The zero-order valence-corrected chi connectivity index (χ0v) is 18.1. The van der Waals surface area contributed by atoms with Gasteiger partial charge in [-0.05, 0) is 55.3 Å². The van der Waals surface area contributed by atoms with Gasteiger partial charge in [-0.2, -0.15) is 0 Å². The van der Waals surface area contributed by atoms with Gasteiger partial charge in [0.25, 0.3) is 5.91 Å². The number of benzene rings is 2. The minimum Gasteiger partial charge on any atom is -0.484 e. The highest BCUT2D eigenvalue weighted by Gasteiger charge is 2.26. The molecule has 1 aliphatic heterocycles. The Morgan fingerprint density at radius 2 is 2.14 bits per heavy atom. The maximum absolute atomic E-state index is 13.0. The van der Waals surface area contributed by atoms with Crippen LogP contribution in [0.5, 0.6) is 5.75 Å². The number of halogens is 2. The predicted molar refractivity (Wildman–Crippen MR) is 116 cm³/mol. The predicted octanol–water partition coefficient (Wildman–Crippen LogP) is 5.30. The monoisotopic (exact) mass is 480 g/mol. The highest BCUT2D eigenvalue weighted by molar-refractivity contribution is 9.10. The van der Waals surface area contributed by atoms with Crippen molar-refractivity contribution in [1.82, 2.24) is 4.98 Å². The van der Waals surface area contributed by atoms with E-state index < -0.39 is 0 Å². The SMILES string of the molecule is O=C(COc1ccc(Cl)cc1)N(CC1CCCO1)c1nc2ccc(Br)cc2s1. The molecule has 28 heavy (non-hydrogen) atoms. The molecule has 1 aromatic heterocycles. The molecule has 1 fully saturated rings. The molecule has 1 unspecified atom stereocenters. The Morgan fingerprint density at radius 3 is 2.89 bits per heavy atom. The van der Waals surface area contributed by atoms with Gasteiger partial charge in [0, 0.05) is 16.1 Å². The van der Waals surface area contributed by atoms with Crippen molar-refractivity contribution in [2.75, 3.05) is 24.7 Å². The first-order chi connectivity index (χ1) is 13.6. The van der Waals surface area contributed by atoms with Gasteiger partial charge in [-0.1, -0.05) is 38.9 Å². The van der Waals surface area contributed by atoms with E-state index in [2.05, 4.69) is 20.9 Å². The third-order valence-corrected chi connectivity index (χ3v) is 6.24. The number of anilines is 1. The van der Waals surface area contributed by atoms with E-state index in [9.17, 15) is 4.79 Å². The van der Waals surface area contributed by atoms with Crippen molar-refractivity contribution in [3.8, 4) is 5.75 Å². The zero-order chi connectivity index (χ0) is 19.5. The number of amides is 1. The molecule has 0 bridgehead atoms. The molecule has 1 saturated heterocycles. The van der Waals surface area contributed by atoms with E-state index in [4.69, 9.17) is 21.1 Å². The molecule has 1 atom stereocenters. The molecule has 1 aliphatic rings. The van der Waals surface area contributed by atoms with Crippen LogP contribution in [0, 0.1) is 0 Å². The van der Waals surface area contributed by atoms with Gasteiger partial charge < -0.3 is 9.47 Å². The largest absolute Gasteiger partial charge is 0.484 e. The number of aromatic nitrogens is 1. The fourth-order valence-electron chi connectivity index (χ4n) is 3.03. The minimum atomic E-state index is -0.149. The fourth-order valence-corrected chi connectivity index (χ4v) is 4.70. The van der Waals surface area contributed by atoms with Crippen LogP contribution in [0.2, 0.25) is 5.02 Å². The van der Waals surface area contributed by atoms with Crippen molar-refractivity contribution in [3.63, 3.8) is 0 Å². The van der Waals surface area contributed by atoms with Gasteiger partial charge >= 0.3 is 0 Å². The molecule has 1 amide bonds. The van der Waals surface area contributed by atoms with Crippen LogP contribution >= 0.6 is 38.9 Å². The summed E-state index contributed by atoms with van der Waals surface area (Å²) in [5.74, 6) is 0.451. The van der Waals surface area contributed by atoms with Crippen LogP contribution in [0.25, 0.3) is 10.2 Å². The highest BCUT2D eigenvalue weighted by atomic mass is 79.9. The van der Waals surface area contributed by atoms with Gasteiger partial charge in [-0.15, -0.1) is 0 Å². The third-order valence-electron chi connectivity index (χ3n) is 4.46. The first-order valence-electron chi connectivity index (χ1n) is 8.95. The van der Waals surface area contributed by atoms with E-state index in [-0.39, 0.29) is 18.6 Å². The normalized spacial score (nSPS) is 16.4.